The van der Waals surface area contributed by atoms with Gasteiger partial charge in [-0.05, 0) is 57.1 Å². The van der Waals surface area contributed by atoms with Gasteiger partial charge >= 0.3 is 0 Å². The SMILES string of the molecule is CNC1CCC(C)(Cc2ccn(C3CCCC3)n2)C1. The molecule has 2 saturated carbocycles. The van der Waals surface area contributed by atoms with Crippen molar-refractivity contribution in [2.24, 2.45) is 5.41 Å². The van der Waals surface area contributed by atoms with Gasteiger partial charge in [0.2, 0.25) is 0 Å². The Kier molecular flexibility index (Phi) is 3.66. The Hall–Kier alpha value is -0.830. The summed E-state index contributed by atoms with van der Waals surface area (Å²) in [5.74, 6) is 0. The molecule has 19 heavy (non-hydrogen) atoms. The predicted molar refractivity (Wildman–Crippen MR) is 78.2 cm³/mol. The molecule has 106 valence electrons. The number of rotatable bonds is 4. The zero-order valence-electron chi connectivity index (χ0n) is 12.4. The number of aromatic nitrogens is 2. The van der Waals surface area contributed by atoms with Gasteiger partial charge in [0.25, 0.3) is 0 Å². The Labute approximate surface area is 116 Å². The van der Waals surface area contributed by atoms with Gasteiger partial charge in [0.1, 0.15) is 0 Å². The molecule has 3 heteroatoms. The van der Waals surface area contributed by atoms with Crippen molar-refractivity contribution < 1.29 is 0 Å². The summed E-state index contributed by atoms with van der Waals surface area (Å²) in [7, 11) is 2.09. The molecule has 0 radical (unpaired) electrons. The van der Waals surface area contributed by atoms with Crippen molar-refractivity contribution >= 4 is 0 Å². The lowest BCUT2D eigenvalue weighted by Gasteiger charge is -2.23. The Bertz CT molecular complexity index is 419. The van der Waals surface area contributed by atoms with Crippen molar-refractivity contribution in [3.8, 4) is 0 Å². The van der Waals surface area contributed by atoms with Crippen LogP contribution in [0.4, 0.5) is 0 Å². The largest absolute Gasteiger partial charge is 0.317 e. The molecule has 0 saturated heterocycles. The highest BCUT2D eigenvalue weighted by Gasteiger charge is 2.35. The summed E-state index contributed by atoms with van der Waals surface area (Å²) in [6.07, 6.45) is 12.7. The smallest absolute Gasteiger partial charge is 0.0630 e. The van der Waals surface area contributed by atoms with Gasteiger partial charge in [0, 0.05) is 12.2 Å². The number of nitrogens with one attached hydrogen (secondary N) is 1. The zero-order valence-corrected chi connectivity index (χ0v) is 12.4. The van der Waals surface area contributed by atoms with Crippen LogP contribution in [0.5, 0.6) is 0 Å². The third-order valence-corrected chi connectivity index (χ3v) is 5.21. The van der Waals surface area contributed by atoms with Crippen molar-refractivity contribution in [3.63, 3.8) is 0 Å². The van der Waals surface area contributed by atoms with Crippen LogP contribution in [0.1, 0.15) is 63.6 Å². The van der Waals surface area contributed by atoms with E-state index in [4.69, 9.17) is 5.10 Å². The van der Waals surface area contributed by atoms with E-state index in [1.165, 1.54) is 50.6 Å². The van der Waals surface area contributed by atoms with Crippen LogP contribution in [0.3, 0.4) is 0 Å². The van der Waals surface area contributed by atoms with Gasteiger partial charge in [-0.3, -0.25) is 4.68 Å². The minimum atomic E-state index is 0.447. The second-order valence-electron chi connectivity index (χ2n) is 6.94. The fraction of sp³-hybridized carbons (Fsp3) is 0.812. The normalized spacial score (nSPS) is 32.2. The van der Waals surface area contributed by atoms with E-state index in [2.05, 4.69) is 36.2 Å². The van der Waals surface area contributed by atoms with Crippen LogP contribution in [-0.4, -0.2) is 22.9 Å². The summed E-state index contributed by atoms with van der Waals surface area (Å²) < 4.78 is 2.23. The molecule has 2 fully saturated rings. The van der Waals surface area contributed by atoms with Gasteiger partial charge < -0.3 is 5.32 Å². The molecule has 1 aromatic heterocycles. The summed E-state index contributed by atoms with van der Waals surface area (Å²) in [5, 5.41) is 8.28. The predicted octanol–water partition coefficient (Wildman–Crippen LogP) is 3.32. The molecule has 1 N–H and O–H groups in total. The van der Waals surface area contributed by atoms with E-state index in [9.17, 15) is 0 Å². The average Bonchev–Trinajstić information content (AvgIpc) is 3.09. The van der Waals surface area contributed by atoms with Crippen LogP contribution in [0, 0.1) is 5.41 Å². The summed E-state index contributed by atoms with van der Waals surface area (Å²) in [6.45, 7) is 2.43. The molecule has 0 bridgehead atoms. The minimum Gasteiger partial charge on any atom is -0.317 e. The van der Waals surface area contributed by atoms with E-state index in [0.29, 0.717) is 17.5 Å². The van der Waals surface area contributed by atoms with Crippen LogP contribution in [0.2, 0.25) is 0 Å². The van der Waals surface area contributed by atoms with E-state index in [-0.39, 0.29) is 0 Å². The maximum absolute atomic E-state index is 4.85. The van der Waals surface area contributed by atoms with Crippen molar-refractivity contribution in [1.82, 2.24) is 15.1 Å². The third kappa shape index (κ3) is 2.86. The fourth-order valence-electron chi connectivity index (χ4n) is 4.01. The second-order valence-corrected chi connectivity index (χ2v) is 6.94. The Morgan fingerprint density at radius 3 is 2.84 bits per heavy atom. The van der Waals surface area contributed by atoms with Crippen molar-refractivity contribution in [2.45, 2.75) is 70.4 Å². The van der Waals surface area contributed by atoms with Crippen molar-refractivity contribution in [2.75, 3.05) is 7.05 Å². The monoisotopic (exact) mass is 261 g/mol. The standard InChI is InChI=1S/C16H27N3/c1-16(9-7-13(11-16)17-2)12-14-8-10-19(18-14)15-5-3-4-6-15/h8,10,13,15,17H,3-7,9,11-12H2,1-2H3. The van der Waals surface area contributed by atoms with E-state index >= 15 is 0 Å². The fourth-order valence-corrected chi connectivity index (χ4v) is 4.01. The lowest BCUT2D eigenvalue weighted by atomic mass is 9.83. The van der Waals surface area contributed by atoms with E-state index in [1.54, 1.807) is 0 Å². The molecular formula is C16H27N3. The zero-order chi connectivity index (χ0) is 13.3. The van der Waals surface area contributed by atoms with E-state index in [0.717, 1.165) is 6.42 Å². The Morgan fingerprint density at radius 1 is 1.37 bits per heavy atom. The van der Waals surface area contributed by atoms with Gasteiger partial charge in [-0.2, -0.15) is 5.10 Å². The first-order valence-corrected chi connectivity index (χ1v) is 7.90. The third-order valence-electron chi connectivity index (χ3n) is 5.21. The molecule has 1 heterocycles. The van der Waals surface area contributed by atoms with Gasteiger partial charge in [-0.15, -0.1) is 0 Å². The molecule has 2 atom stereocenters. The molecule has 2 aliphatic carbocycles. The van der Waals surface area contributed by atoms with Crippen LogP contribution in [0.15, 0.2) is 12.3 Å². The van der Waals surface area contributed by atoms with Crippen LogP contribution >= 0.6 is 0 Å². The van der Waals surface area contributed by atoms with Gasteiger partial charge in [-0.25, -0.2) is 0 Å². The molecule has 2 aliphatic rings. The average molecular weight is 261 g/mol. The molecule has 0 aromatic carbocycles. The maximum Gasteiger partial charge on any atom is 0.0630 e. The molecule has 0 amide bonds. The Balaban J connectivity index is 1.63. The summed E-state index contributed by atoms with van der Waals surface area (Å²) in [5.41, 5.74) is 1.74. The first-order valence-electron chi connectivity index (χ1n) is 7.90. The molecule has 0 aliphatic heterocycles. The molecule has 2 unspecified atom stereocenters. The van der Waals surface area contributed by atoms with Crippen LogP contribution < -0.4 is 5.32 Å². The number of hydrogen-bond acceptors (Lipinski definition) is 2. The summed E-state index contributed by atoms with van der Waals surface area (Å²) >= 11 is 0. The molecule has 0 spiro atoms. The summed E-state index contributed by atoms with van der Waals surface area (Å²) in [6, 6.07) is 3.63. The second kappa shape index (κ2) is 5.28. The molecular weight excluding hydrogens is 234 g/mol. The van der Waals surface area contributed by atoms with Crippen molar-refractivity contribution in [3.05, 3.63) is 18.0 Å². The molecule has 3 nitrogen and oxygen atoms in total. The highest BCUT2D eigenvalue weighted by Crippen LogP contribution is 2.40. The lowest BCUT2D eigenvalue weighted by Crippen LogP contribution is -2.24. The highest BCUT2D eigenvalue weighted by atomic mass is 15.3. The minimum absolute atomic E-state index is 0.447. The molecule has 3 rings (SSSR count). The van der Waals surface area contributed by atoms with Gasteiger partial charge in [0.15, 0.2) is 0 Å². The summed E-state index contributed by atoms with van der Waals surface area (Å²) in [4.78, 5) is 0. The molecule has 1 aromatic rings. The lowest BCUT2D eigenvalue weighted by molar-refractivity contribution is 0.318. The Morgan fingerprint density at radius 2 is 2.16 bits per heavy atom. The maximum atomic E-state index is 4.85. The van der Waals surface area contributed by atoms with E-state index in [1.807, 2.05) is 0 Å². The van der Waals surface area contributed by atoms with Gasteiger partial charge in [-0.1, -0.05) is 19.8 Å². The quantitative estimate of drug-likeness (QED) is 0.901. The van der Waals surface area contributed by atoms with Crippen LogP contribution in [0.25, 0.3) is 0 Å². The first-order chi connectivity index (χ1) is 9.18. The van der Waals surface area contributed by atoms with E-state index < -0.39 is 0 Å². The highest BCUT2D eigenvalue weighted by molar-refractivity contribution is 5.06. The van der Waals surface area contributed by atoms with Crippen molar-refractivity contribution in [1.29, 1.82) is 0 Å². The van der Waals surface area contributed by atoms with Crippen LogP contribution in [-0.2, 0) is 6.42 Å². The van der Waals surface area contributed by atoms with Gasteiger partial charge in [0.05, 0.1) is 11.7 Å². The number of hydrogen-bond donors (Lipinski definition) is 1. The first kappa shape index (κ1) is 13.2. The number of nitrogens with zero attached hydrogens (tertiary/aromatic N) is 2. The topological polar surface area (TPSA) is 29.9 Å².